The normalized spacial score (nSPS) is 14.8. The van der Waals surface area contributed by atoms with E-state index in [9.17, 15) is 0 Å². The zero-order chi connectivity index (χ0) is 12.9. The van der Waals surface area contributed by atoms with Gasteiger partial charge in [0.25, 0.3) is 0 Å². The second-order valence-corrected chi connectivity index (χ2v) is 5.95. The molecule has 0 aliphatic rings. The quantitative estimate of drug-likeness (QED) is 0.338. The predicted octanol–water partition coefficient (Wildman–Crippen LogP) is 6.59. The molecule has 0 heteroatoms. The molecule has 104 valence electrons. The van der Waals surface area contributed by atoms with Crippen molar-refractivity contribution in [3.8, 4) is 0 Å². The maximum atomic E-state index is 2.41. The van der Waals surface area contributed by atoms with Crippen molar-refractivity contribution in [3.63, 3.8) is 0 Å². The van der Waals surface area contributed by atoms with E-state index in [1.54, 1.807) is 0 Å². The molecular weight excluding hydrogens is 204 g/mol. The van der Waals surface area contributed by atoms with Crippen molar-refractivity contribution < 1.29 is 0 Å². The van der Waals surface area contributed by atoms with E-state index in [1.165, 1.54) is 70.6 Å². The van der Waals surface area contributed by atoms with E-state index in [1.807, 2.05) is 0 Å². The average molecular weight is 240 g/mol. The van der Waals surface area contributed by atoms with Crippen molar-refractivity contribution in [3.05, 3.63) is 0 Å². The van der Waals surface area contributed by atoms with E-state index >= 15 is 0 Å². The Kier molecular flexibility index (Phi) is 12.5. The lowest BCUT2D eigenvalue weighted by atomic mass is 9.93. The molecule has 0 aliphatic heterocycles. The Morgan fingerprint density at radius 2 is 1.24 bits per heavy atom. The molecule has 2 unspecified atom stereocenters. The molecule has 0 aromatic rings. The molecule has 0 nitrogen and oxygen atoms in total. The topological polar surface area (TPSA) is 0 Å². The summed E-state index contributed by atoms with van der Waals surface area (Å²) >= 11 is 0. The fourth-order valence-corrected chi connectivity index (χ4v) is 2.88. The molecule has 17 heavy (non-hydrogen) atoms. The van der Waals surface area contributed by atoms with E-state index < -0.39 is 0 Å². The van der Waals surface area contributed by atoms with Crippen LogP contribution in [0.25, 0.3) is 0 Å². The van der Waals surface area contributed by atoms with Gasteiger partial charge in [0, 0.05) is 0 Å². The molecule has 0 radical (unpaired) electrons. The molecule has 0 saturated heterocycles. The largest absolute Gasteiger partial charge is 0.0654 e. The number of unbranched alkanes of at least 4 members (excludes halogenated alkanes) is 3. The maximum Gasteiger partial charge on any atom is -0.0417 e. The first-order valence-electron chi connectivity index (χ1n) is 8.24. The summed E-state index contributed by atoms with van der Waals surface area (Å²) in [7, 11) is 0. The highest BCUT2D eigenvalue weighted by Gasteiger charge is 2.04. The second-order valence-electron chi connectivity index (χ2n) is 5.95. The van der Waals surface area contributed by atoms with Crippen LogP contribution in [0.2, 0.25) is 0 Å². The van der Waals surface area contributed by atoms with Crippen LogP contribution in [0.3, 0.4) is 0 Å². The third-order valence-corrected chi connectivity index (χ3v) is 4.12. The summed E-state index contributed by atoms with van der Waals surface area (Å²) in [6, 6.07) is 0. The minimum absolute atomic E-state index is 0.962. The van der Waals surface area contributed by atoms with Gasteiger partial charge in [-0.3, -0.25) is 0 Å². The van der Waals surface area contributed by atoms with Gasteiger partial charge in [-0.05, 0) is 11.8 Å². The van der Waals surface area contributed by atoms with Gasteiger partial charge in [0.1, 0.15) is 0 Å². The lowest BCUT2D eigenvalue weighted by Crippen LogP contribution is -1.98. The third kappa shape index (κ3) is 10.9. The van der Waals surface area contributed by atoms with Crippen molar-refractivity contribution in [2.75, 3.05) is 0 Å². The monoisotopic (exact) mass is 240 g/mol. The maximum absolute atomic E-state index is 2.41. The van der Waals surface area contributed by atoms with Crippen LogP contribution in [0, 0.1) is 11.8 Å². The molecule has 0 N–H and O–H groups in total. The van der Waals surface area contributed by atoms with Crippen molar-refractivity contribution in [1.82, 2.24) is 0 Å². The van der Waals surface area contributed by atoms with Crippen molar-refractivity contribution in [1.29, 1.82) is 0 Å². The summed E-state index contributed by atoms with van der Waals surface area (Å²) < 4.78 is 0. The summed E-state index contributed by atoms with van der Waals surface area (Å²) in [5.74, 6) is 1.97. The molecule has 0 amide bonds. The van der Waals surface area contributed by atoms with Crippen LogP contribution < -0.4 is 0 Å². The van der Waals surface area contributed by atoms with E-state index in [2.05, 4.69) is 27.7 Å². The molecule has 0 spiro atoms. The molecule has 0 aromatic heterocycles. The Bertz CT molecular complexity index is 139. The summed E-state index contributed by atoms with van der Waals surface area (Å²) in [4.78, 5) is 0. The highest BCUT2D eigenvalue weighted by molar-refractivity contribution is 4.58. The summed E-state index contributed by atoms with van der Waals surface area (Å²) in [5, 5.41) is 0. The van der Waals surface area contributed by atoms with E-state index in [-0.39, 0.29) is 0 Å². The number of hydrogen-bond acceptors (Lipinski definition) is 0. The molecule has 0 bridgehead atoms. The fraction of sp³-hybridized carbons (Fsp3) is 1.00. The minimum atomic E-state index is 0.962. The van der Waals surface area contributed by atoms with Crippen LogP contribution in [0.4, 0.5) is 0 Å². The van der Waals surface area contributed by atoms with Crippen molar-refractivity contribution in [2.45, 2.75) is 98.3 Å². The van der Waals surface area contributed by atoms with Gasteiger partial charge in [-0.2, -0.15) is 0 Å². The van der Waals surface area contributed by atoms with Crippen molar-refractivity contribution >= 4 is 0 Å². The standard InChI is InChI=1S/C17H36/c1-5-12-16(4)14-10-8-9-11-15-17(7-3)13-6-2/h16-17H,5-15H2,1-4H3. The highest BCUT2D eigenvalue weighted by atomic mass is 14.1. The van der Waals surface area contributed by atoms with Gasteiger partial charge >= 0.3 is 0 Å². The second kappa shape index (κ2) is 12.5. The lowest BCUT2D eigenvalue weighted by Gasteiger charge is -2.13. The van der Waals surface area contributed by atoms with E-state index in [4.69, 9.17) is 0 Å². The molecule has 2 atom stereocenters. The molecule has 0 saturated carbocycles. The van der Waals surface area contributed by atoms with Gasteiger partial charge in [0.2, 0.25) is 0 Å². The first-order valence-corrected chi connectivity index (χ1v) is 8.24. The molecule has 0 aliphatic carbocycles. The van der Waals surface area contributed by atoms with Crippen LogP contribution >= 0.6 is 0 Å². The molecule has 0 aromatic carbocycles. The van der Waals surface area contributed by atoms with Gasteiger partial charge in [-0.15, -0.1) is 0 Å². The fourth-order valence-electron chi connectivity index (χ4n) is 2.88. The molecular formula is C17H36. The third-order valence-electron chi connectivity index (χ3n) is 4.12. The van der Waals surface area contributed by atoms with Crippen LogP contribution in [-0.4, -0.2) is 0 Å². The Morgan fingerprint density at radius 3 is 1.76 bits per heavy atom. The van der Waals surface area contributed by atoms with E-state index in [0.717, 1.165) is 11.8 Å². The summed E-state index contributed by atoms with van der Waals surface area (Å²) in [6.45, 7) is 9.39. The van der Waals surface area contributed by atoms with Gasteiger partial charge < -0.3 is 0 Å². The zero-order valence-electron chi connectivity index (χ0n) is 12.9. The van der Waals surface area contributed by atoms with Gasteiger partial charge in [0.05, 0.1) is 0 Å². The molecule has 0 fully saturated rings. The van der Waals surface area contributed by atoms with Crippen LogP contribution in [0.5, 0.6) is 0 Å². The molecule has 0 rings (SSSR count). The zero-order valence-corrected chi connectivity index (χ0v) is 12.9. The minimum Gasteiger partial charge on any atom is -0.0654 e. The van der Waals surface area contributed by atoms with Crippen LogP contribution in [0.1, 0.15) is 98.3 Å². The summed E-state index contributed by atoms with van der Waals surface area (Å²) in [5.41, 5.74) is 0. The van der Waals surface area contributed by atoms with Crippen molar-refractivity contribution in [2.24, 2.45) is 11.8 Å². The first kappa shape index (κ1) is 17.0. The van der Waals surface area contributed by atoms with Crippen LogP contribution in [-0.2, 0) is 0 Å². The Morgan fingerprint density at radius 1 is 0.647 bits per heavy atom. The Balaban J connectivity index is 3.27. The Hall–Kier alpha value is 0. The summed E-state index contributed by atoms with van der Waals surface area (Å²) in [6.07, 6.45) is 15.8. The highest BCUT2D eigenvalue weighted by Crippen LogP contribution is 2.20. The first-order chi connectivity index (χ1) is 8.24. The van der Waals surface area contributed by atoms with Gasteiger partial charge in [-0.1, -0.05) is 98.3 Å². The molecule has 0 heterocycles. The van der Waals surface area contributed by atoms with Gasteiger partial charge in [-0.25, -0.2) is 0 Å². The van der Waals surface area contributed by atoms with Crippen LogP contribution in [0.15, 0.2) is 0 Å². The smallest absolute Gasteiger partial charge is 0.0417 e. The van der Waals surface area contributed by atoms with Gasteiger partial charge in [0.15, 0.2) is 0 Å². The number of hydrogen-bond donors (Lipinski definition) is 0. The average Bonchev–Trinajstić information content (AvgIpc) is 2.32. The lowest BCUT2D eigenvalue weighted by molar-refractivity contribution is 0.401. The SMILES string of the molecule is CCCC(C)CCCCCCC(CC)CCC. The predicted molar refractivity (Wildman–Crippen MR) is 80.5 cm³/mol. The Labute approximate surface area is 111 Å². The van der Waals surface area contributed by atoms with E-state index in [0.29, 0.717) is 0 Å². The number of rotatable bonds is 12.